The Morgan fingerprint density at radius 2 is 1.83 bits per heavy atom. The van der Waals surface area contributed by atoms with Crippen LogP contribution in [0.2, 0.25) is 0 Å². The molecular formula is C16H11BrF2N2OS. The van der Waals surface area contributed by atoms with Gasteiger partial charge in [0, 0.05) is 26.9 Å². The summed E-state index contributed by atoms with van der Waals surface area (Å²) in [5.74, 6) is -0.789. The molecule has 0 saturated carbocycles. The van der Waals surface area contributed by atoms with Crippen molar-refractivity contribution in [1.82, 2.24) is 10.2 Å². The lowest BCUT2D eigenvalue weighted by molar-refractivity contribution is 0.465. The van der Waals surface area contributed by atoms with E-state index in [0.29, 0.717) is 16.7 Å². The van der Waals surface area contributed by atoms with Gasteiger partial charge in [0.1, 0.15) is 11.6 Å². The molecule has 1 atom stereocenters. The van der Waals surface area contributed by atoms with Gasteiger partial charge in [0.15, 0.2) is 0 Å². The molecule has 0 aliphatic rings. The average molecular weight is 397 g/mol. The summed E-state index contributed by atoms with van der Waals surface area (Å²) in [5.41, 5.74) is 1.19. The van der Waals surface area contributed by atoms with E-state index in [2.05, 4.69) is 26.1 Å². The molecule has 118 valence electrons. The van der Waals surface area contributed by atoms with Crippen molar-refractivity contribution >= 4 is 27.7 Å². The summed E-state index contributed by atoms with van der Waals surface area (Å²) in [7, 11) is 0. The molecular weight excluding hydrogens is 386 g/mol. The summed E-state index contributed by atoms with van der Waals surface area (Å²) in [6.07, 6.45) is 0. The molecule has 3 aromatic rings. The SMILES string of the molecule is C[C@@H](Sc1nnc(-c2ccc(Br)cc2)o1)c1ccc(F)cc1F. The zero-order valence-corrected chi connectivity index (χ0v) is 14.4. The molecule has 0 spiro atoms. The third-order valence-electron chi connectivity index (χ3n) is 3.18. The Labute approximate surface area is 144 Å². The van der Waals surface area contributed by atoms with E-state index < -0.39 is 11.6 Å². The molecule has 0 aliphatic heterocycles. The molecule has 3 rings (SSSR count). The van der Waals surface area contributed by atoms with Crippen molar-refractivity contribution in [2.45, 2.75) is 17.4 Å². The first-order valence-electron chi connectivity index (χ1n) is 6.74. The Morgan fingerprint density at radius 3 is 2.52 bits per heavy atom. The normalized spacial score (nSPS) is 12.3. The minimum atomic E-state index is -0.598. The maximum Gasteiger partial charge on any atom is 0.277 e. The van der Waals surface area contributed by atoms with Crippen molar-refractivity contribution in [1.29, 1.82) is 0 Å². The average Bonchev–Trinajstić information content (AvgIpc) is 2.96. The first-order chi connectivity index (χ1) is 11.0. The highest BCUT2D eigenvalue weighted by Gasteiger charge is 2.17. The summed E-state index contributed by atoms with van der Waals surface area (Å²) in [4.78, 5) is 0. The second-order valence-corrected chi connectivity index (χ2v) is 7.01. The molecule has 0 aliphatic carbocycles. The highest BCUT2D eigenvalue weighted by Crippen LogP contribution is 2.36. The number of rotatable bonds is 4. The molecule has 23 heavy (non-hydrogen) atoms. The molecule has 0 radical (unpaired) electrons. The van der Waals surface area contributed by atoms with Crippen LogP contribution in [0, 0.1) is 11.6 Å². The fourth-order valence-corrected chi connectivity index (χ4v) is 3.11. The van der Waals surface area contributed by atoms with E-state index in [1.807, 2.05) is 24.3 Å². The minimum absolute atomic E-state index is 0.284. The van der Waals surface area contributed by atoms with Gasteiger partial charge < -0.3 is 4.42 Å². The van der Waals surface area contributed by atoms with Crippen molar-refractivity contribution < 1.29 is 13.2 Å². The smallest absolute Gasteiger partial charge is 0.277 e. The molecule has 0 bridgehead atoms. The second-order valence-electron chi connectivity index (χ2n) is 4.81. The van der Waals surface area contributed by atoms with Gasteiger partial charge in [-0.1, -0.05) is 33.8 Å². The van der Waals surface area contributed by atoms with Crippen molar-refractivity contribution in [2.24, 2.45) is 0 Å². The van der Waals surface area contributed by atoms with Crippen molar-refractivity contribution in [3.8, 4) is 11.5 Å². The molecule has 0 fully saturated rings. The highest BCUT2D eigenvalue weighted by molar-refractivity contribution is 9.10. The molecule has 2 aromatic carbocycles. The lowest BCUT2D eigenvalue weighted by Gasteiger charge is -2.09. The van der Waals surface area contributed by atoms with Gasteiger partial charge in [0.2, 0.25) is 5.89 Å². The van der Waals surface area contributed by atoms with Crippen molar-refractivity contribution in [3.05, 3.63) is 64.1 Å². The second kappa shape index (κ2) is 6.80. The Kier molecular flexibility index (Phi) is 4.77. The van der Waals surface area contributed by atoms with Gasteiger partial charge in [-0.3, -0.25) is 0 Å². The van der Waals surface area contributed by atoms with E-state index >= 15 is 0 Å². The predicted octanol–water partition coefficient (Wildman–Crippen LogP) is 5.63. The molecule has 0 saturated heterocycles. The summed E-state index contributed by atoms with van der Waals surface area (Å²) in [6, 6.07) is 11.0. The maximum absolute atomic E-state index is 13.8. The zero-order chi connectivity index (χ0) is 16.4. The Morgan fingerprint density at radius 1 is 1.09 bits per heavy atom. The summed E-state index contributed by atoms with van der Waals surface area (Å²) < 4.78 is 33.3. The number of aromatic nitrogens is 2. The van der Waals surface area contributed by atoms with Gasteiger partial charge >= 0.3 is 0 Å². The first kappa shape index (κ1) is 16.1. The topological polar surface area (TPSA) is 38.9 Å². The number of hydrogen-bond acceptors (Lipinski definition) is 4. The van der Waals surface area contributed by atoms with Gasteiger partial charge in [-0.15, -0.1) is 10.2 Å². The number of benzene rings is 2. The van der Waals surface area contributed by atoms with E-state index in [4.69, 9.17) is 4.42 Å². The third kappa shape index (κ3) is 3.79. The number of nitrogens with zero attached hydrogens (tertiary/aromatic N) is 2. The van der Waals surface area contributed by atoms with E-state index in [9.17, 15) is 8.78 Å². The largest absolute Gasteiger partial charge is 0.411 e. The number of hydrogen-bond donors (Lipinski definition) is 0. The number of thioether (sulfide) groups is 1. The van der Waals surface area contributed by atoms with Gasteiger partial charge in [0.05, 0.1) is 0 Å². The van der Waals surface area contributed by atoms with Crippen LogP contribution in [0.3, 0.4) is 0 Å². The van der Waals surface area contributed by atoms with Crippen LogP contribution in [-0.4, -0.2) is 10.2 Å². The predicted molar refractivity (Wildman–Crippen MR) is 88.1 cm³/mol. The van der Waals surface area contributed by atoms with Crippen molar-refractivity contribution in [3.63, 3.8) is 0 Å². The van der Waals surface area contributed by atoms with Crippen LogP contribution in [0.4, 0.5) is 8.78 Å². The Balaban J connectivity index is 1.77. The maximum atomic E-state index is 13.8. The van der Waals surface area contributed by atoms with Crippen LogP contribution in [-0.2, 0) is 0 Å². The van der Waals surface area contributed by atoms with Crippen LogP contribution in [0.15, 0.2) is 56.6 Å². The van der Waals surface area contributed by atoms with Gasteiger partial charge in [0.25, 0.3) is 5.22 Å². The van der Waals surface area contributed by atoms with Gasteiger partial charge in [-0.05, 0) is 37.3 Å². The van der Waals surface area contributed by atoms with Crippen LogP contribution in [0.5, 0.6) is 0 Å². The lowest BCUT2D eigenvalue weighted by Crippen LogP contribution is -1.94. The Hall–Kier alpha value is -1.73. The molecule has 0 unspecified atom stereocenters. The summed E-state index contributed by atoms with van der Waals surface area (Å²) in [6.45, 7) is 1.80. The van der Waals surface area contributed by atoms with E-state index in [1.165, 1.54) is 23.9 Å². The van der Waals surface area contributed by atoms with Crippen LogP contribution >= 0.6 is 27.7 Å². The van der Waals surface area contributed by atoms with Gasteiger partial charge in [-0.25, -0.2) is 8.78 Å². The van der Waals surface area contributed by atoms with E-state index in [1.54, 1.807) is 6.92 Å². The molecule has 1 aromatic heterocycles. The fourth-order valence-electron chi connectivity index (χ4n) is 2.01. The van der Waals surface area contributed by atoms with Crippen LogP contribution < -0.4 is 0 Å². The van der Waals surface area contributed by atoms with Crippen LogP contribution in [0.1, 0.15) is 17.7 Å². The quantitative estimate of drug-likeness (QED) is 0.535. The first-order valence-corrected chi connectivity index (χ1v) is 8.41. The zero-order valence-electron chi connectivity index (χ0n) is 12.0. The molecule has 1 heterocycles. The third-order valence-corrected chi connectivity index (χ3v) is 4.68. The molecule has 7 heteroatoms. The molecule has 0 N–H and O–H groups in total. The standard InChI is InChI=1S/C16H11BrF2N2OS/c1-9(13-7-6-12(18)8-14(13)19)23-16-21-20-15(22-16)10-2-4-11(17)5-3-10/h2-9H,1H3/t9-/m1/s1. The molecule has 3 nitrogen and oxygen atoms in total. The van der Waals surface area contributed by atoms with E-state index in [-0.39, 0.29) is 5.25 Å². The fraction of sp³-hybridized carbons (Fsp3) is 0.125. The Bertz CT molecular complexity index is 823. The summed E-state index contributed by atoms with van der Waals surface area (Å²) in [5, 5.41) is 8.01. The minimum Gasteiger partial charge on any atom is -0.411 e. The molecule has 0 amide bonds. The highest BCUT2D eigenvalue weighted by atomic mass is 79.9. The summed E-state index contributed by atoms with van der Waals surface area (Å²) >= 11 is 4.58. The lowest BCUT2D eigenvalue weighted by atomic mass is 10.1. The van der Waals surface area contributed by atoms with E-state index in [0.717, 1.165) is 16.1 Å². The van der Waals surface area contributed by atoms with Crippen molar-refractivity contribution in [2.75, 3.05) is 0 Å². The number of halogens is 3. The monoisotopic (exact) mass is 396 g/mol. The van der Waals surface area contributed by atoms with Gasteiger partial charge in [-0.2, -0.15) is 0 Å². The van der Waals surface area contributed by atoms with Crippen LogP contribution in [0.25, 0.3) is 11.5 Å².